The van der Waals surface area contributed by atoms with Gasteiger partial charge in [-0.15, -0.1) is 0 Å². The van der Waals surface area contributed by atoms with Crippen LogP contribution in [0.15, 0.2) is 60.9 Å². The van der Waals surface area contributed by atoms with Crippen molar-refractivity contribution in [2.24, 2.45) is 0 Å². The maximum Gasteiger partial charge on any atom is 0.225 e. The first-order chi connectivity index (χ1) is 12.7. The maximum atomic E-state index is 12.1. The lowest BCUT2D eigenvalue weighted by molar-refractivity contribution is -0.116. The molecule has 0 unspecified atom stereocenters. The zero-order valence-corrected chi connectivity index (χ0v) is 14.8. The summed E-state index contributed by atoms with van der Waals surface area (Å²) in [6, 6.07) is 15.4. The monoisotopic (exact) mass is 350 g/mol. The van der Waals surface area contributed by atoms with Crippen LogP contribution in [0.4, 0.5) is 5.82 Å². The number of aryl methyl sites for hydroxylation is 1. The molecule has 0 radical (unpaired) electrons. The third-order valence-corrected chi connectivity index (χ3v) is 3.83. The number of anilines is 1. The van der Waals surface area contributed by atoms with Crippen LogP contribution in [0.5, 0.6) is 5.75 Å². The Kier molecular flexibility index (Phi) is 5.98. The molecular weight excluding hydrogens is 328 g/mol. The molecule has 2 heterocycles. The van der Waals surface area contributed by atoms with Crippen molar-refractivity contribution in [3.63, 3.8) is 0 Å². The maximum absolute atomic E-state index is 12.1. The Labute approximate surface area is 152 Å². The minimum atomic E-state index is -0.0537. The van der Waals surface area contributed by atoms with Crippen LogP contribution in [-0.2, 0) is 17.8 Å². The number of rotatable bonds is 8. The highest BCUT2D eigenvalue weighted by molar-refractivity contribution is 5.89. The van der Waals surface area contributed by atoms with Crippen LogP contribution in [0.25, 0.3) is 0 Å². The number of benzene rings is 1. The van der Waals surface area contributed by atoms with E-state index in [-0.39, 0.29) is 5.91 Å². The molecule has 0 spiro atoms. The average Bonchev–Trinajstić information content (AvgIpc) is 3.09. The number of carbonyl (C=O) groups excluding carboxylic acids is 1. The van der Waals surface area contributed by atoms with Gasteiger partial charge in [-0.05, 0) is 43.2 Å². The molecule has 0 atom stereocenters. The Morgan fingerprint density at radius 2 is 2.00 bits per heavy atom. The summed E-state index contributed by atoms with van der Waals surface area (Å²) in [6.45, 7) is 3.17. The van der Waals surface area contributed by atoms with Crippen LogP contribution in [0.2, 0.25) is 0 Å². The zero-order valence-electron chi connectivity index (χ0n) is 14.8. The topological polar surface area (TPSA) is 69.0 Å². The van der Waals surface area contributed by atoms with E-state index in [9.17, 15) is 4.79 Å². The van der Waals surface area contributed by atoms with Crippen molar-refractivity contribution in [3.05, 3.63) is 72.2 Å². The van der Waals surface area contributed by atoms with Crippen LogP contribution in [0, 0.1) is 0 Å². The molecular formula is C20H22N4O2. The molecule has 0 aliphatic heterocycles. The summed E-state index contributed by atoms with van der Waals surface area (Å²) in [4.78, 5) is 16.4. The molecule has 0 saturated heterocycles. The molecule has 2 aromatic heterocycles. The number of hydrogen-bond donors (Lipinski definition) is 1. The van der Waals surface area contributed by atoms with E-state index in [0.29, 0.717) is 31.8 Å². The molecule has 6 nitrogen and oxygen atoms in total. The normalized spacial score (nSPS) is 10.5. The third-order valence-electron chi connectivity index (χ3n) is 3.83. The summed E-state index contributed by atoms with van der Waals surface area (Å²) in [5.74, 6) is 1.35. The first kappa shape index (κ1) is 17.7. The van der Waals surface area contributed by atoms with E-state index in [1.807, 2.05) is 55.6 Å². The second-order valence-electron chi connectivity index (χ2n) is 5.84. The van der Waals surface area contributed by atoms with Crippen LogP contribution < -0.4 is 10.1 Å². The Bertz CT molecular complexity index is 829. The van der Waals surface area contributed by atoms with Gasteiger partial charge >= 0.3 is 0 Å². The highest BCUT2D eigenvalue weighted by atomic mass is 16.5. The highest BCUT2D eigenvalue weighted by Gasteiger charge is 2.06. The summed E-state index contributed by atoms with van der Waals surface area (Å²) < 4.78 is 7.17. The first-order valence-corrected chi connectivity index (χ1v) is 8.68. The number of ether oxygens (including phenoxy) is 1. The van der Waals surface area contributed by atoms with E-state index < -0.39 is 0 Å². The van der Waals surface area contributed by atoms with E-state index in [4.69, 9.17) is 4.74 Å². The van der Waals surface area contributed by atoms with Gasteiger partial charge in [0.05, 0.1) is 18.8 Å². The van der Waals surface area contributed by atoms with Gasteiger partial charge < -0.3 is 10.1 Å². The predicted octanol–water partition coefficient (Wildman–Crippen LogP) is 3.30. The number of amides is 1. The van der Waals surface area contributed by atoms with E-state index in [1.165, 1.54) is 0 Å². The summed E-state index contributed by atoms with van der Waals surface area (Å²) in [5, 5.41) is 7.19. The van der Waals surface area contributed by atoms with Crippen LogP contribution in [0.1, 0.15) is 24.6 Å². The lowest BCUT2D eigenvalue weighted by Crippen LogP contribution is -2.13. The quantitative estimate of drug-likeness (QED) is 0.677. The lowest BCUT2D eigenvalue weighted by Gasteiger charge is -2.05. The number of pyridine rings is 1. The minimum Gasteiger partial charge on any atom is -0.494 e. The second-order valence-corrected chi connectivity index (χ2v) is 5.84. The van der Waals surface area contributed by atoms with E-state index >= 15 is 0 Å². The molecule has 26 heavy (non-hydrogen) atoms. The average molecular weight is 350 g/mol. The molecule has 0 bridgehead atoms. The van der Waals surface area contributed by atoms with Gasteiger partial charge in [0.25, 0.3) is 0 Å². The number of nitrogens with zero attached hydrogens (tertiary/aromatic N) is 3. The van der Waals surface area contributed by atoms with Gasteiger partial charge in [-0.1, -0.05) is 18.2 Å². The van der Waals surface area contributed by atoms with Gasteiger partial charge in [-0.3, -0.25) is 14.5 Å². The van der Waals surface area contributed by atoms with E-state index in [1.54, 1.807) is 16.9 Å². The van der Waals surface area contributed by atoms with Crippen molar-refractivity contribution < 1.29 is 9.53 Å². The fourth-order valence-corrected chi connectivity index (χ4v) is 2.56. The Hall–Kier alpha value is -3.15. The standard InChI is InChI=1S/C20H22N4O2/c1-2-26-18-9-6-16(7-10-18)8-11-20(25)22-19-12-14-24(23-19)15-17-5-3-4-13-21-17/h3-7,9-10,12-14H,2,8,11,15H2,1H3,(H,22,23,25). The Morgan fingerprint density at radius 3 is 2.73 bits per heavy atom. The van der Waals surface area contributed by atoms with Crippen molar-refractivity contribution in [2.45, 2.75) is 26.3 Å². The van der Waals surface area contributed by atoms with Gasteiger partial charge in [0, 0.05) is 24.9 Å². The van der Waals surface area contributed by atoms with Gasteiger partial charge in [0.2, 0.25) is 5.91 Å². The SMILES string of the molecule is CCOc1ccc(CCC(=O)Nc2ccn(Cc3ccccn3)n2)cc1. The summed E-state index contributed by atoms with van der Waals surface area (Å²) >= 11 is 0. The number of hydrogen-bond acceptors (Lipinski definition) is 4. The molecule has 1 amide bonds. The summed E-state index contributed by atoms with van der Waals surface area (Å²) in [5.41, 5.74) is 2.02. The lowest BCUT2D eigenvalue weighted by atomic mass is 10.1. The molecule has 134 valence electrons. The first-order valence-electron chi connectivity index (χ1n) is 8.68. The van der Waals surface area contributed by atoms with Crippen LogP contribution in [0.3, 0.4) is 0 Å². The molecule has 1 aromatic carbocycles. The second kappa shape index (κ2) is 8.80. The number of aromatic nitrogens is 3. The van der Waals surface area contributed by atoms with Crippen LogP contribution >= 0.6 is 0 Å². The van der Waals surface area contributed by atoms with Crippen molar-refractivity contribution in [2.75, 3.05) is 11.9 Å². The van der Waals surface area contributed by atoms with Crippen molar-refractivity contribution in [3.8, 4) is 5.75 Å². The summed E-state index contributed by atoms with van der Waals surface area (Å²) in [6.07, 6.45) is 4.66. The fraction of sp³-hybridized carbons (Fsp3) is 0.250. The molecule has 6 heteroatoms. The van der Waals surface area contributed by atoms with Gasteiger partial charge in [-0.25, -0.2) is 0 Å². The molecule has 3 aromatic rings. The van der Waals surface area contributed by atoms with Crippen molar-refractivity contribution in [1.29, 1.82) is 0 Å². The molecule has 3 rings (SSSR count). The van der Waals surface area contributed by atoms with Gasteiger partial charge in [0.1, 0.15) is 5.75 Å². The largest absolute Gasteiger partial charge is 0.494 e. The molecule has 0 aliphatic carbocycles. The van der Waals surface area contributed by atoms with E-state index in [0.717, 1.165) is 17.0 Å². The van der Waals surface area contributed by atoms with Crippen molar-refractivity contribution >= 4 is 11.7 Å². The number of nitrogens with one attached hydrogen (secondary N) is 1. The van der Waals surface area contributed by atoms with Gasteiger partial charge in [-0.2, -0.15) is 5.10 Å². The van der Waals surface area contributed by atoms with Gasteiger partial charge in [0.15, 0.2) is 5.82 Å². The molecule has 0 fully saturated rings. The summed E-state index contributed by atoms with van der Waals surface area (Å²) in [7, 11) is 0. The van der Waals surface area contributed by atoms with Crippen LogP contribution in [-0.4, -0.2) is 27.3 Å². The van der Waals surface area contributed by atoms with E-state index in [2.05, 4.69) is 15.4 Å². The highest BCUT2D eigenvalue weighted by Crippen LogP contribution is 2.14. The van der Waals surface area contributed by atoms with Crippen molar-refractivity contribution in [1.82, 2.24) is 14.8 Å². The molecule has 0 aliphatic rings. The fourth-order valence-electron chi connectivity index (χ4n) is 2.56. The number of carbonyl (C=O) groups is 1. The third kappa shape index (κ3) is 5.17. The zero-order chi connectivity index (χ0) is 18.2. The molecule has 0 saturated carbocycles. The predicted molar refractivity (Wildman–Crippen MR) is 100 cm³/mol. The smallest absolute Gasteiger partial charge is 0.225 e. The Morgan fingerprint density at radius 1 is 1.15 bits per heavy atom. The Balaban J connectivity index is 1.47. The minimum absolute atomic E-state index is 0.0537. The molecule has 1 N–H and O–H groups in total.